The first kappa shape index (κ1) is 19.2. The number of thiol groups is 2. The average molecular weight is 234 g/mol. The van der Waals surface area contributed by atoms with Gasteiger partial charge in [-0.1, -0.05) is 38.6 Å². The largest absolute Gasteiger partial charge is 1.00 e. The van der Waals surface area contributed by atoms with E-state index < -0.39 is 5.24 Å². The Labute approximate surface area is 113 Å². The molecule has 4 nitrogen and oxygen atoms in total. The zero-order chi connectivity index (χ0) is 9.98. The van der Waals surface area contributed by atoms with Crippen LogP contribution in [0.5, 0.6) is 0 Å². The fourth-order valence-corrected chi connectivity index (χ4v) is 0.484. The number of nitrogens with two attached hydrogens (primary N) is 1. The molecule has 0 aromatic carbocycles. The summed E-state index contributed by atoms with van der Waals surface area (Å²) in [5, 5.41) is 1.70. The smallest absolute Gasteiger partial charge is 1.00 e. The molecule has 0 rings (SSSR count). The average Bonchev–Trinajstić information content (AvgIpc) is 1.86. The van der Waals surface area contributed by atoms with E-state index in [0.717, 1.165) is 19.4 Å². The summed E-state index contributed by atoms with van der Waals surface area (Å²) in [4.78, 5) is 19.2. The number of hydrogen-bond donors (Lipinski definition) is 4. The van der Waals surface area contributed by atoms with E-state index in [1.807, 2.05) is 0 Å². The quantitative estimate of drug-likeness (QED) is 0.274. The minimum absolute atomic E-state index is 0. The molecule has 0 saturated heterocycles. The van der Waals surface area contributed by atoms with Crippen LogP contribution in [0.1, 0.15) is 21.2 Å². The predicted molar refractivity (Wildman–Crippen MR) is 57.0 cm³/mol. The Balaban J connectivity index is -0.0000000733. The number of rotatable bonds is 3. The van der Waals surface area contributed by atoms with E-state index in [1.165, 1.54) is 0 Å². The van der Waals surface area contributed by atoms with Crippen LogP contribution in [0.15, 0.2) is 0 Å². The van der Waals surface area contributed by atoms with Gasteiger partial charge in [-0.25, -0.2) is 0 Å². The van der Waals surface area contributed by atoms with Crippen LogP contribution >= 0.6 is 25.3 Å². The number of amides is 2. The molecule has 0 heterocycles. The standard InChI is InChI=1S/C5H11NOS.CH3NOS.Na.H/c1-2-3-4-6-5(7)8;2-1(3)4;;/h2-4H2,1H3,(H2,6,7,8);(H3,2,3,4);;/q;;+1;-1. The van der Waals surface area contributed by atoms with Crippen molar-refractivity contribution in [3.8, 4) is 0 Å². The molecule has 0 aliphatic heterocycles. The Morgan fingerprint density at radius 2 is 1.85 bits per heavy atom. The van der Waals surface area contributed by atoms with E-state index in [2.05, 4.69) is 43.2 Å². The summed E-state index contributed by atoms with van der Waals surface area (Å²) in [7, 11) is 0. The molecule has 13 heavy (non-hydrogen) atoms. The molecule has 0 radical (unpaired) electrons. The molecule has 3 N–H and O–H groups in total. The third-order valence-corrected chi connectivity index (χ3v) is 0.965. The van der Waals surface area contributed by atoms with Gasteiger partial charge in [0.2, 0.25) is 0 Å². The van der Waals surface area contributed by atoms with E-state index in [1.54, 1.807) is 0 Å². The Hall–Kier alpha value is 0.640. The number of carbonyl (C=O) groups excluding carboxylic acids is 2. The van der Waals surface area contributed by atoms with Crippen LogP contribution in [-0.4, -0.2) is 17.0 Å². The van der Waals surface area contributed by atoms with Gasteiger partial charge in [0.15, 0.2) is 0 Å². The maximum absolute atomic E-state index is 10.1. The van der Waals surface area contributed by atoms with Gasteiger partial charge in [0.05, 0.1) is 0 Å². The minimum Gasteiger partial charge on any atom is -1.00 e. The first-order chi connectivity index (χ1) is 5.50. The van der Waals surface area contributed by atoms with E-state index in [0.29, 0.717) is 0 Å². The number of hydrogen-bond acceptors (Lipinski definition) is 2. The van der Waals surface area contributed by atoms with Gasteiger partial charge >= 0.3 is 29.6 Å². The van der Waals surface area contributed by atoms with Crippen LogP contribution in [0.4, 0.5) is 9.59 Å². The number of primary amides is 1. The fraction of sp³-hybridized carbons (Fsp3) is 0.667. The van der Waals surface area contributed by atoms with Gasteiger partial charge in [-0.05, 0) is 6.42 Å². The second-order valence-corrected chi connectivity index (χ2v) is 2.77. The molecule has 74 valence electrons. The molecule has 0 fully saturated rings. The first-order valence-corrected chi connectivity index (χ1v) is 4.35. The topological polar surface area (TPSA) is 72.2 Å². The summed E-state index contributed by atoms with van der Waals surface area (Å²) in [6, 6.07) is 0. The molecule has 0 spiro atoms. The summed E-state index contributed by atoms with van der Waals surface area (Å²) in [5.41, 5.74) is 4.34. The van der Waals surface area contributed by atoms with Gasteiger partial charge in [-0.2, -0.15) is 0 Å². The van der Waals surface area contributed by atoms with Crippen molar-refractivity contribution in [3.05, 3.63) is 0 Å². The molecular weight excluding hydrogens is 219 g/mol. The first-order valence-electron chi connectivity index (χ1n) is 3.45. The Morgan fingerprint density at radius 3 is 2.08 bits per heavy atom. The fourth-order valence-electron chi connectivity index (χ4n) is 0.372. The van der Waals surface area contributed by atoms with Crippen molar-refractivity contribution in [2.45, 2.75) is 19.8 Å². The Kier molecular flexibility index (Phi) is 22.4. The van der Waals surface area contributed by atoms with E-state index in [9.17, 15) is 4.79 Å². The third kappa shape index (κ3) is 45.0. The summed E-state index contributed by atoms with van der Waals surface area (Å²) in [6.07, 6.45) is 2.14. The van der Waals surface area contributed by atoms with Gasteiger partial charge in [0, 0.05) is 6.54 Å². The van der Waals surface area contributed by atoms with Crippen molar-refractivity contribution in [1.29, 1.82) is 0 Å². The Morgan fingerprint density at radius 1 is 1.46 bits per heavy atom. The molecule has 0 unspecified atom stereocenters. The Bertz CT molecular complexity index is 148. The van der Waals surface area contributed by atoms with E-state index in [-0.39, 0.29) is 36.2 Å². The van der Waals surface area contributed by atoms with Gasteiger partial charge in [0.1, 0.15) is 0 Å². The molecule has 0 saturated carbocycles. The van der Waals surface area contributed by atoms with E-state index >= 15 is 0 Å². The normalized spacial score (nSPS) is 7.31. The van der Waals surface area contributed by atoms with Crippen molar-refractivity contribution in [3.63, 3.8) is 0 Å². The number of nitrogens with one attached hydrogen (secondary N) is 1. The van der Waals surface area contributed by atoms with Crippen LogP contribution in [0.3, 0.4) is 0 Å². The number of carbonyl (C=O) groups is 2. The number of unbranched alkanes of at least 4 members (excludes halogenated alkanes) is 1. The zero-order valence-electron chi connectivity index (χ0n) is 8.91. The van der Waals surface area contributed by atoms with Crippen molar-refractivity contribution >= 4 is 35.7 Å². The van der Waals surface area contributed by atoms with Crippen LogP contribution in [-0.2, 0) is 0 Å². The van der Waals surface area contributed by atoms with Crippen LogP contribution in [0.2, 0.25) is 0 Å². The van der Waals surface area contributed by atoms with Crippen LogP contribution in [0.25, 0.3) is 0 Å². The summed E-state index contributed by atoms with van der Waals surface area (Å²) < 4.78 is 0. The maximum Gasteiger partial charge on any atom is 1.00 e. The van der Waals surface area contributed by atoms with Gasteiger partial charge in [0.25, 0.3) is 10.5 Å². The predicted octanol–water partition coefficient (Wildman–Crippen LogP) is -1.46. The maximum atomic E-state index is 10.1. The van der Waals surface area contributed by atoms with Crippen LogP contribution in [0, 0.1) is 0 Å². The summed E-state index contributed by atoms with van der Waals surface area (Å²) >= 11 is 6.63. The SMILES string of the molecule is CCCCNC(=O)S.NC(=O)S.[H-].[Na+]. The van der Waals surface area contributed by atoms with Gasteiger partial charge in [-0.3, -0.25) is 9.59 Å². The molecule has 0 bridgehead atoms. The van der Waals surface area contributed by atoms with Crippen LogP contribution < -0.4 is 40.6 Å². The monoisotopic (exact) mass is 234 g/mol. The van der Waals surface area contributed by atoms with Crippen molar-refractivity contribution < 1.29 is 40.6 Å². The molecule has 0 aliphatic carbocycles. The van der Waals surface area contributed by atoms with Crippen molar-refractivity contribution in [1.82, 2.24) is 5.32 Å². The summed E-state index contributed by atoms with van der Waals surface area (Å²) in [6.45, 7) is 2.82. The second kappa shape index (κ2) is 15.1. The molecular formula is C6H15N2NaO2S2. The van der Waals surface area contributed by atoms with Crippen molar-refractivity contribution in [2.24, 2.45) is 5.73 Å². The second-order valence-electron chi connectivity index (χ2n) is 1.92. The molecule has 0 aromatic heterocycles. The van der Waals surface area contributed by atoms with Gasteiger partial charge < -0.3 is 12.5 Å². The molecule has 7 heteroatoms. The minimum atomic E-state index is -0.639. The molecule has 0 aromatic rings. The zero-order valence-corrected chi connectivity index (χ0v) is 11.7. The molecule has 2 amide bonds. The molecule has 0 aliphatic rings. The van der Waals surface area contributed by atoms with Crippen molar-refractivity contribution in [2.75, 3.05) is 6.54 Å². The van der Waals surface area contributed by atoms with E-state index in [4.69, 9.17) is 4.79 Å². The molecule has 0 atom stereocenters. The third-order valence-electron chi connectivity index (χ3n) is 0.807. The van der Waals surface area contributed by atoms with Gasteiger partial charge in [-0.15, -0.1) is 0 Å². The summed E-state index contributed by atoms with van der Waals surface area (Å²) in [5.74, 6) is 0.